The van der Waals surface area contributed by atoms with Crippen molar-refractivity contribution in [2.24, 2.45) is 11.3 Å². The van der Waals surface area contributed by atoms with Gasteiger partial charge in [0.15, 0.2) is 0 Å². The Hall–Kier alpha value is -3.37. The minimum absolute atomic E-state index is 0.0296. The molecule has 218 valence electrons. The Morgan fingerprint density at radius 1 is 1.22 bits per heavy atom. The number of anilines is 2. The van der Waals surface area contributed by atoms with Crippen molar-refractivity contribution >= 4 is 34.8 Å². The van der Waals surface area contributed by atoms with Gasteiger partial charge in [0.2, 0.25) is 17.8 Å². The monoisotopic (exact) mass is 576 g/mol. The normalized spacial score (nSPS) is 22.1. The predicted octanol–water partition coefficient (Wildman–Crippen LogP) is 5.10. The van der Waals surface area contributed by atoms with E-state index in [0.29, 0.717) is 49.7 Å². The molecule has 10 heteroatoms. The average molecular weight is 577 g/mol. The van der Waals surface area contributed by atoms with E-state index in [0.717, 1.165) is 46.8 Å². The van der Waals surface area contributed by atoms with Gasteiger partial charge in [-0.15, -0.1) is 11.3 Å². The molecular formula is C31H40N6O3S. The van der Waals surface area contributed by atoms with Gasteiger partial charge in [-0.3, -0.25) is 9.59 Å². The highest BCUT2D eigenvalue weighted by Gasteiger charge is 2.49. The van der Waals surface area contributed by atoms with Crippen LogP contribution in [0, 0.1) is 25.2 Å². The van der Waals surface area contributed by atoms with Crippen molar-refractivity contribution in [3.63, 3.8) is 0 Å². The molecule has 2 atom stereocenters. The number of carbonyl (C=O) groups is 2. The molecule has 3 N–H and O–H groups in total. The number of aromatic nitrogens is 3. The summed E-state index contributed by atoms with van der Waals surface area (Å²) in [5.74, 6) is 0.600. The molecule has 2 aromatic heterocycles. The van der Waals surface area contributed by atoms with Gasteiger partial charge >= 0.3 is 0 Å². The number of hydrogen-bond donors (Lipinski definition) is 3. The van der Waals surface area contributed by atoms with Crippen LogP contribution in [0.1, 0.15) is 68.6 Å². The molecule has 0 unspecified atom stereocenters. The molecule has 5 rings (SSSR count). The molecule has 3 heterocycles. The molecule has 41 heavy (non-hydrogen) atoms. The SMILES string of the molecule is Cc1cc(Nc2nccc(C)n2)cc(-c2cnc([C@@]3(O)CC[C@H](C(=O)NCCCN4CCCC4=O)C(C)(C)C3)s2)c1. The summed E-state index contributed by atoms with van der Waals surface area (Å²) >= 11 is 1.50. The van der Waals surface area contributed by atoms with Crippen LogP contribution in [0.15, 0.2) is 36.7 Å². The molecule has 2 aliphatic rings. The molecule has 2 amide bonds. The average Bonchev–Trinajstić information content (AvgIpc) is 3.56. The zero-order valence-corrected chi connectivity index (χ0v) is 25.2. The number of carbonyl (C=O) groups excluding carboxylic acids is 2. The fourth-order valence-corrected chi connectivity index (χ4v) is 7.23. The number of nitrogens with one attached hydrogen (secondary N) is 2. The largest absolute Gasteiger partial charge is 0.383 e. The van der Waals surface area contributed by atoms with Gasteiger partial charge in [0.05, 0.1) is 4.88 Å². The summed E-state index contributed by atoms with van der Waals surface area (Å²) in [5.41, 5.74) is 2.39. The predicted molar refractivity (Wildman–Crippen MR) is 161 cm³/mol. The Kier molecular flexibility index (Phi) is 8.42. The van der Waals surface area contributed by atoms with Crippen LogP contribution in [-0.2, 0) is 15.2 Å². The van der Waals surface area contributed by atoms with E-state index in [1.807, 2.05) is 43.1 Å². The fraction of sp³-hybridized carbons (Fsp3) is 0.516. The number of likely N-dealkylation sites (tertiary alicyclic amines) is 1. The van der Waals surface area contributed by atoms with E-state index in [4.69, 9.17) is 0 Å². The Labute approximate surface area is 245 Å². The lowest BCUT2D eigenvalue weighted by Crippen LogP contribution is -2.48. The number of amides is 2. The van der Waals surface area contributed by atoms with Gasteiger partial charge in [-0.1, -0.05) is 19.9 Å². The second-order valence-corrected chi connectivity index (χ2v) is 13.2. The maximum Gasteiger partial charge on any atom is 0.227 e. The molecule has 1 aromatic carbocycles. The van der Waals surface area contributed by atoms with E-state index < -0.39 is 11.0 Å². The third kappa shape index (κ3) is 6.76. The maximum absolute atomic E-state index is 13.1. The zero-order valence-electron chi connectivity index (χ0n) is 24.4. The van der Waals surface area contributed by atoms with Gasteiger partial charge in [-0.05, 0) is 80.7 Å². The van der Waals surface area contributed by atoms with Crippen LogP contribution >= 0.6 is 11.3 Å². The molecular weight excluding hydrogens is 536 g/mol. The van der Waals surface area contributed by atoms with E-state index >= 15 is 0 Å². The van der Waals surface area contributed by atoms with E-state index in [-0.39, 0.29) is 17.7 Å². The summed E-state index contributed by atoms with van der Waals surface area (Å²) in [7, 11) is 0. The van der Waals surface area contributed by atoms with Crippen molar-refractivity contribution < 1.29 is 14.7 Å². The molecule has 1 saturated heterocycles. The zero-order chi connectivity index (χ0) is 29.2. The molecule has 0 spiro atoms. The lowest BCUT2D eigenvalue weighted by Gasteiger charge is -2.45. The third-order valence-electron chi connectivity index (χ3n) is 8.25. The highest BCUT2D eigenvalue weighted by molar-refractivity contribution is 7.15. The van der Waals surface area contributed by atoms with Crippen LogP contribution in [0.3, 0.4) is 0 Å². The summed E-state index contributed by atoms with van der Waals surface area (Å²) in [6.07, 6.45) is 7.41. The van der Waals surface area contributed by atoms with Gasteiger partial charge in [-0.25, -0.2) is 15.0 Å². The van der Waals surface area contributed by atoms with E-state index in [9.17, 15) is 14.7 Å². The van der Waals surface area contributed by atoms with Crippen molar-refractivity contribution in [1.82, 2.24) is 25.2 Å². The topological polar surface area (TPSA) is 120 Å². The molecule has 1 aliphatic carbocycles. The first kappa shape index (κ1) is 29.1. The molecule has 1 aliphatic heterocycles. The van der Waals surface area contributed by atoms with Crippen LogP contribution in [0.25, 0.3) is 10.4 Å². The van der Waals surface area contributed by atoms with Crippen molar-refractivity contribution in [3.8, 4) is 10.4 Å². The number of thiazole rings is 1. The van der Waals surface area contributed by atoms with Crippen molar-refractivity contribution in [3.05, 3.63) is 52.9 Å². The Morgan fingerprint density at radius 3 is 2.78 bits per heavy atom. The highest BCUT2D eigenvalue weighted by Crippen LogP contribution is 2.51. The summed E-state index contributed by atoms with van der Waals surface area (Å²) in [6.45, 7) is 10.2. The Morgan fingerprint density at radius 2 is 2.05 bits per heavy atom. The minimum Gasteiger partial charge on any atom is -0.383 e. The van der Waals surface area contributed by atoms with Crippen molar-refractivity contribution in [2.75, 3.05) is 25.0 Å². The number of aliphatic hydroxyl groups is 1. The summed E-state index contributed by atoms with van der Waals surface area (Å²) in [6, 6.07) is 8.06. The van der Waals surface area contributed by atoms with Gasteiger partial charge in [-0.2, -0.15) is 0 Å². The lowest BCUT2D eigenvalue weighted by atomic mass is 9.63. The third-order valence-corrected chi connectivity index (χ3v) is 9.49. The molecule has 0 radical (unpaired) electrons. The summed E-state index contributed by atoms with van der Waals surface area (Å²) in [5, 5.41) is 18.8. The van der Waals surface area contributed by atoms with Crippen molar-refractivity contribution in [1.29, 1.82) is 0 Å². The van der Waals surface area contributed by atoms with Gasteiger partial charge in [0, 0.05) is 55.7 Å². The van der Waals surface area contributed by atoms with E-state index in [1.54, 1.807) is 6.20 Å². The second kappa shape index (κ2) is 11.9. The molecule has 1 saturated carbocycles. The molecule has 3 aromatic rings. The van der Waals surface area contributed by atoms with E-state index in [2.05, 4.69) is 45.5 Å². The highest BCUT2D eigenvalue weighted by atomic mass is 32.1. The van der Waals surface area contributed by atoms with Crippen LogP contribution < -0.4 is 10.6 Å². The van der Waals surface area contributed by atoms with E-state index in [1.165, 1.54) is 11.3 Å². The quantitative estimate of drug-likeness (QED) is 0.303. The number of nitrogens with zero attached hydrogens (tertiary/aromatic N) is 4. The molecule has 2 fully saturated rings. The first-order valence-electron chi connectivity index (χ1n) is 14.5. The minimum atomic E-state index is -1.08. The standard InChI is InChI=1S/C31H40N6O3S/c1-20-15-22(17-23(16-20)36-29-33-12-9-21(2)35-29)25-18-34-28(41-25)31(40)10-8-24(30(3,4)19-31)27(39)32-11-6-14-37-13-5-7-26(37)38/h9,12,15-18,24,40H,5-8,10-11,13-14,19H2,1-4H3,(H,32,39)(H,33,35,36)/t24-,31-/m1/s1. The summed E-state index contributed by atoms with van der Waals surface area (Å²) < 4.78 is 0. The number of hydrogen-bond acceptors (Lipinski definition) is 8. The van der Waals surface area contributed by atoms with Gasteiger partial charge < -0.3 is 20.6 Å². The molecule has 9 nitrogen and oxygen atoms in total. The number of rotatable bonds is 9. The second-order valence-electron chi connectivity index (χ2n) is 12.2. The number of aryl methyl sites for hydroxylation is 2. The van der Waals surface area contributed by atoms with Gasteiger partial charge in [0.25, 0.3) is 0 Å². The van der Waals surface area contributed by atoms with Crippen LogP contribution in [0.2, 0.25) is 0 Å². The summed E-state index contributed by atoms with van der Waals surface area (Å²) in [4.78, 5) is 41.2. The smallest absolute Gasteiger partial charge is 0.227 e. The van der Waals surface area contributed by atoms with Gasteiger partial charge in [0.1, 0.15) is 10.6 Å². The molecule has 0 bridgehead atoms. The van der Waals surface area contributed by atoms with Crippen LogP contribution in [0.4, 0.5) is 11.6 Å². The first-order valence-corrected chi connectivity index (χ1v) is 15.3. The lowest BCUT2D eigenvalue weighted by molar-refractivity contribution is -0.137. The Bertz CT molecular complexity index is 1420. The first-order chi connectivity index (χ1) is 19.5. The van der Waals surface area contributed by atoms with Crippen LogP contribution in [0.5, 0.6) is 0 Å². The Balaban J connectivity index is 1.22. The van der Waals surface area contributed by atoms with Crippen molar-refractivity contribution in [2.45, 2.75) is 71.8 Å². The maximum atomic E-state index is 13.1. The number of benzene rings is 1. The van der Waals surface area contributed by atoms with Crippen LogP contribution in [-0.4, -0.2) is 56.4 Å². The fourth-order valence-electron chi connectivity index (χ4n) is 6.21.